The van der Waals surface area contributed by atoms with Gasteiger partial charge in [-0.3, -0.25) is 4.68 Å². The van der Waals surface area contributed by atoms with E-state index >= 15 is 0 Å². The zero-order valence-electron chi connectivity index (χ0n) is 10.8. The highest BCUT2D eigenvalue weighted by Gasteiger charge is 2.29. The van der Waals surface area contributed by atoms with E-state index in [1.807, 2.05) is 0 Å². The van der Waals surface area contributed by atoms with Crippen molar-refractivity contribution in [2.45, 2.75) is 31.9 Å². The molecular weight excluding hydrogens is 234 g/mol. The molecule has 18 heavy (non-hydrogen) atoms. The van der Waals surface area contributed by atoms with Gasteiger partial charge in [0.2, 0.25) is 0 Å². The largest absolute Gasteiger partial charge is 0.478 e. The lowest BCUT2D eigenvalue weighted by atomic mass is 10.0. The number of aromatic carboxylic acids is 1. The molecule has 0 amide bonds. The zero-order chi connectivity index (χ0) is 13.2. The Hall–Kier alpha value is -1.40. The molecule has 0 aromatic carbocycles. The molecule has 0 spiro atoms. The van der Waals surface area contributed by atoms with Crippen molar-refractivity contribution in [3.8, 4) is 0 Å². The van der Waals surface area contributed by atoms with E-state index in [0.717, 1.165) is 26.0 Å². The first kappa shape index (κ1) is 13.0. The van der Waals surface area contributed by atoms with Crippen molar-refractivity contribution >= 4 is 5.97 Å². The number of aryl methyl sites for hydroxylation is 1. The number of nitrogens with zero attached hydrogens (tertiary/aromatic N) is 2. The number of aromatic nitrogens is 2. The Bertz CT molecular complexity index is 436. The molecule has 1 atom stereocenters. The van der Waals surface area contributed by atoms with Crippen LogP contribution in [0.3, 0.4) is 0 Å². The summed E-state index contributed by atoms with van der Waals surface area (Å²) >= 11 is 0. The fourth-order valence-electron chi connectivity index (χ4n) is 2.27. The average Bonchev–Trinajstić information content (AvgIpc) is 2.87. The highest BCUT2D eigenvalue weighted by Crippen LogP contribution is 2.24. The second-order valence-electron chi connectivity index (χ2n) is 4.94. The average molecular weight is 253 g/mol. The molecule has 0 saturated carbocycles. The molecule has 2 N–H and O–H groups in total. The maximum absolute atomic E-state index is 11.0. The van der Waals surface area contributed by atoms with Gasteiger partial charge in [0.25, 0.3) is 0 Å². The number of carboxylic acid groups (broad SMARTS) is 1. The summed E-state index contributed by atoms with van der Waals surface area (Å²) in [5.74, 6) is -0.941. The maximum atomic E-state index is 11.0. The van der Waals surface area contributed by atoms with Crippen LogP contribution in [0, 0.1) is 0 Å². The highest BCUT2D eigenvalue weighted by atomic mass is 16.5. The second kappa shape index (κ2) is 5.07. The van der Waals surface area contributed by atoms with Crippen LogP contribution in [0.4, 0.5) is 0 Å². The molecule has 2 heterocycles. The lowest BCUT2D eigenvalue weighted by molar-refractivity contribution is 0.0205. The third-order valence-corrected chi connectivity index (χ3v) is 3.38. The first-order chi connectivity index (χ1) is 8.52. The molecule has 1 aliphatic rings. The summed E-state index contributed by atoms with van der Waals surface area (Å²) in [7, 11) is 1.75. The Morgan fingerprint density at radius 1 is 1.72 bits per heavy atom. The van der Waals surface area contributed by atoms with Crippen LogP contribution in [0.15, 0.2) is 6.20 Å². The van der Waals surface area contributed by atoms with Crippen molar-refractivity contribution in [2.75, 3.05) is 13.2 Å². The first-order valence-corrected chi connectivity index (χ1v) is 6.11. The molecule has 0 radical (unpaired) electrons. The van der Waals surface area contributed by atoms with E-state index in [2.05, 4.69) is 17.3 Å². The maximum Gasteiger partial charge on any atom is 0.339 e. The molecule has 6 nitrogen and oxygen atoms in total. The minimum absolute atomic E-state index is 0.123. The lowest BCUT2D eigenvalue weighted by Gasteiger charge is -2.23. The monoisotopic (exact) mass is 253 g/mol. The van der Waals surface area contributed by atoms with Crippen LogP contribution < -0.4 is 5.32 Å². The number of ether oxygens (including phenoxy) is 1. The summed E-state index contributed by atoms with van der Waals surface area (Å²) < 4.78 is 7.26. The third-order valence-electron chi connectivity index (χ3n) is 3.38. The summed E-state index contributed by atoms with van der Waals surface area (Å²) in [6.45, 7) is 4.09. The van der Waals surface area contributed by atoms with E-state index in [4.69, 9.17) is 9.84 Å². The summed E-state index contributed by atoms with van der Waals surface area (Å²) in [5.41, 5.74) is 0.814. The van der Waals surface area contributed by atoms with Crippen molar-refractivity contribution in [1.29, 1.82) is 0 Å². The quantitative estimate of drug-likeness (QED) is 0.811. The van der Waals surface area contributed by atoms with Crippen LogP contribution in [-0.4, -0.2) is 39.6 Å². The van der Waals surface area contributed by atoms with Crippen LogP contribution in [-0.2, 0) is 18.3 Å². The predicted molar refractivity (Wildman–Crippen MR) is 65.5 cm³/mol. The van der Waals surface area contributed by atoms with Crippen LogP contribution >= 0.6 is 0 Å². The number of hydrogen-bond donors (Lipinski definition) is 2. The van der Waals surface area contributed by atoms with Gasteiger partial charge in [0.05, 0.1) is 17.5 Å². The Balaban J connectivity index is 1.94. The van der Waals surface area contributed by atoms with Crippen molar-refractivity contribution in [3.05, 3.63) is 17.5 Å². The van der Waals surface area contributed by atoms with Gasteiger partial charge < -0.3 is 15.2 Å². The van der Waals surface area contributed by atoms with Gasteiger partial charge in [-0.15, -0.1) is 0 Å². The van der Waals surface area contributed by atoms with E-state index in [0.29, 0.717) is 12.2 Å². The van der Waals surface area contributed by atoms with Gasteiger partial charge in [0.15, 0.2) is 0 Å². The Kier molecular flexibility index (Phi) is 3.68. The van der Waals surface area contributed by atoms with Crippen LogP contribution in [0.2, 0.25) is 0 Å². The van der Waals surface area contributed by atoms with E-state index in [1.54, 1.807) is 11.7 Å². The lowest BCUT2D eigenvalue weighted by Crippen LogP contribution is -2.37. The Morgan fingerprint density at radius 2 is 2.50 bits per heavy atom. The number of rotatable bonds is 5. The third kappa shape index (κ3) is 2.70. The summed E-state index contributed by atoms with van der Waals surface area (Å²) in [6, 6.07) is 0. The molecule has 1 saturated heterocycles. The molecule has 1 unspecified atom stereocenters. The van der Waals surface area contributed by atoms with Crippen LogP contribution in [0.25, 0.3) is 0 Å². The van der Waals surface area contributed by atoms with E-state index in [9.17, 15) is 4.79 Å². The fourth-order valence-corrected chi connectivity index (χ4v) is 2.27. The molecule has 2 rings (SSSR count). The van der Waals surface area contributed by atoms with E-state index < -0.39 is 5.97 Å². The second-order valence-corrected chi connectivity index (χ2v) is 4.94. The van der Waals surface area contributed by atoms with Crippen molar-refractivity contribution in [1.82, 2.24) is 15.1 Å². The van der Waals surface area contributed by atoms with Crippen LogP contribution in [0.1, 0.15) is 35.8 Å². The van der Waals surface area contributed by atoms with Crippen molar-refractivity contribution < 1.29 is 14.6 Å². The molecule has 100 valence electrons. The highest BCUT2D eigenvalue weighted by molar-refractivity contribution is 5.88. The standard InChI is InChI=1S/C12H19N3O3/c1-12(4-3-5-18-12)8-13-7-10-9(11(16)17)6-14-15(10)2/h6,13H,3-5,7-8H2,1-2H3,(H,16,17). The first-order valence-electron chi connectivity index (χ1n) is 6.11. The zero-order valence-corrected chi connectivity index (χ0v) is 10.8. The Labute approximate surface area is 106 Å². The van der Waals surface area contributed by atoms with Gasteiger partial charge in [-0.1, -0.05) is 0 Å². The smallest absolute Gasteiger partial charge is 0.339 e. The van der Waals surface area contributed by atoms with Gasteiger partial charge >= 0.3 is 5.97 Å². The Morgan fingerprint density at radius 3 is 3.11 bits per heavy atom. The van der Waals surface area contributed by atoms with E-state index in [1.165, 1.54) is 6.20 Å². The molecule has 1 aliphatic heterocycles. The van der Waals surface area contributed by atoms with Gasteiger partial charge in [-0.05, 0) is 19.8 Å². The minimum Gasteiger partial charge on any atom is -0.478 e. The minimum atomic E-state index is -0.941. The predicted octanol–water partition coefficient (Wildman–Crippen LogP) is 0.777. The molecule has 1 fully saturated rings. The van der Waals surface area contributed by atoms with Gasteiger partial charge in [-0.25, -0.2) is 4.79 Å². The topological polar surface area (TPSA) is 76.4 Å². The normalized spacial score (nSPS) is 23.4. The van der Waals surface area contributed by atoms with Gasteiger partial charge in [0, 0.05) is 26.7 Å². The van der Waals surface area contributed by atoms with Gasteiger partial charge in [0.1, 0.15) is 5.56 Å². The molecule has 6 heteroatoms. The molecule has 1 aromatic rings. The SMILES string of the molecule is Cn1ncc(C(=O)O)c1CNCC1(C)CCCO1. The fraction of sp³-hybridized carbons (Fsp3) is 0.667. The van der Waals surface area contributed by atoms with Crippen LogP contribution in [0.5, 0.6) is 0 Å². The number of carbonyl (C=O) groups is 1. The molecular formula is C12H19N3O3. The number of hydrogen-bond acceptors (Lipinski definition) is 4. The van der Waals surface area contributed by atoms with Crippen molar-refractivity contribution in [3.63, 3.8) is 0 Å². The van der Waals surface area contributed by atoms with Crippen molar-refractivity contribution in [2.24, 2.45) is 7.05 Å². The summed E-state index contributed by atoms with van der Waals surface area (Å²) in [6.07, 6.45) is 3.51. The van der Waals surface area contributed by atoms with E-state index in [-0.39, 0.29) is 11.2 Å². The summed E-state index contributed by atoms with van der Waals surface area (Å²) in [5, 5.41) is 16.3. The number of carboxylic acids is 1. The molecule has 0 aliphatic carbocycles. The molecule has 1 aromatic heterocycles. The number of nitrogens with one attached hydrogen (secondary N) is 1. The van der Waals surface area contributed by atoms with Gasteiger partial charge in [-0.2, -0.15) is 5.10 Å². The molecule has 0 bridgehead atoms. The summed E-state index contributed by atoms with van der Waals surface area (Å²) in [4.78, 5) is 11.0.